The van der Waals surface area contributed by atoms with E-state index in [0.717, 1.165) is 0 Å². The standard InChI is InChI=1S/C28H30N4O8/c1-3-39-28(37)32-14-12-31(13-15-32)27(36)22(17-8-10-18(11-9-17)40-16-21(33)34)24-23(26(29)35)25(38-2)19-6-4-5-7-20(19)30-24/h4-11,22H,3,12-16H2,1-2H3,(H2,29,35)(H,33,34). The smallest absolute Gasteiger partial charge is 0.409 e. The van der Waals surface area contributed by atoms with Crippen molar-refractivity contribution in [3.63, 3.8) is 0 Å². The topological polar surface area (TPSA) is 162 Å². The first-order valence-corrected chi connectivity index (χ1v) is 12.7. The van der Waals surface area contributed by atoms with Gasteiger partial charge in [-0.2, -0.15) is 0 Å². The minimum Gasteiger partial charge on any atom is -0.495 e. The lowest BCUT2D eigenvalue weighted by Gasteiger charge is -2.36. The first-order valence-electron chi connectivity index (χ1n) is 12.7. The average molecular weight is 551 g/mol. The van der Waals surface area contributed by atoms with E-state index in [1.165, 1.54) is 12.0 Å². The minimum absolute atomic E-state index is 0.0177. The summed E-state index contributed by atoms with van der Waals surface area (Å²) >= 11 is 0. The summed E-state index contributed by atoms with van der Waals surface area (Å²) in [6.07, 6.45) is -0.444. The second kappa shape index (κ2) is 12.3. The Morgan fingerprint density at radius 2 is 1.65 bits per heavy atom. The number of primary amides is 1. The van der Waals surface area contributed by atoms with Crippen molar-refractivity contribution in [3.8, 4) is 11.5 Å². The van der Waals surface area contributed by atoms with E-state index in [4.69, 9.17) is 30.0 Å². The molecule has 2 heterocycles. The normalized spacial score (nSPS) is 13.9. The number of carbonyl (C=O) groups is 4. The van der Waals surface area contributed by atoms with Gasteiger partial charge in [0.05, 0.1) is 24.9 Å². The maximum absolute atomic E-state index is 14.2. The minimum atomic E-state index is -1.13. The molecule has 1 aliphatic heterocycles. The number of hydrogen-bond acceptors (Lipinski definition) is 8. The Morgan fingerprint density at radius 1 is 1.00 bits per heavy atom. The number of piperazine rings is 1. The van der Waals surface area contributed by atoms with Crippen molar-refractivity contribution in [1.82, 2.24) is 14.8 Å². The summed E-state index contributed by atoms with van der Waals surface area (Å²) in [7, 11) is 1.41. The molecule has 12 heteroatoms. The van der Waals surface area contributed by atoms with Crippen LogP contribution in [0.15, 0.2) is 48.5 Å². The molecular formula is C28H30N4O8. The number of carbonyl (C=O) groups excluding carboxylic acids is 3. The fourth-order valence-corrected chi connectivity index (χ4v) is 4.68. The van der Waals surface area contributed by atoms with Crippen LogP contribution in [0.4, 0.5) is 4.79 Å². The molecule has 0 aliphatic carbocycles. The third kappa shape index (κ3) is 5.90. The van der Waals surface area contributed by atoms with Crippen LogP contribution in [0.1, 0.15) is 34.5 Å². The monoisotopic (exact) mass is 550 g/mol. The summed E-state index contributed by atoms with van der Waals surface area (Å²) in [5, 5.41) is 9.48. The summed E-state index contributed by atoms with van der Waals surface area (Å²) < 4.78 is 15.9. The van der Waals surface area contributed by atoms with Crippen molar-refractivity contribution in [3.05, 3.63) is 65.4 Å². The Labute approximate surface area is 230 Å². The van der Waals surface area contributed by atoms with Crippen LogP contribution in [-0.4, -0.2) is 90.3 Å². The van der Waals surface area contributed by atoms with Gasteiger partial charge >= 0.3 is 12.1 Å². The number of benzene rings is 2. The fraction of sp³-hybridized carbons (Fsp3) is 0.321. The second-order valence-electron chi connectivity index (χ2n) is 8.98. The van der Waals surface area contributed by atoms with E-state index < -0.39 is 30.5 Å². The zero-order chi connectivity index (χ0) is 28.8. The van der Waals surface area contributed by atoms with Crippen LogP contribution in [0, 0.1) is 0 Å². The van der Waals surface area contributed by atoms with E-state index in [1.807, 2.05) is 0 Å². The van der Waals surface area contributed by atoms with Crippen molar-refractivity contribution in [1.29, 1.82) is 0 Å². The largest absolute Gasteiger partial charge is 0.495 e. The van der Waals surface area contributed by atoms with E-state index >= 15 is 0 Å². The molecule has 1 aromatic heterocycles. The molecule has 2 aromatic carbocycles. The summed E-state index contributed by atoms with van der Waals surface area (Å²) in [5.41, 5.74) is 6.92. The number of amides is 3. The number of para-hydroxylation sites is 1. The van der Waals surface area contributed by atoms with Gasteiger partial charge < -0.3 is 34.9 Å². The molecule has 1 fully saturated rings. The Hall–Kier alpha value is -4.87. The molecule has 4 rings (SSSR count). The van der Waals surface area contributed by atoms with Crippen LogP contribution in [0.25, 0.3) is 10.9 Å². The number of nitrogens with two attached hydrogens (primary N) is 1. The van der Waals surface area contributed by atoms with Gasteiger partial charge in [-0.15, -0.1) is 0 Å². The number of methoxy groups -OCH3 is 1. The third-order valence-corrected chi connectivity index (χ3v) is 6.54. The lowest BCUT2D eigenvalue weighted by Crippen LogP contribution is -2.52. The molecule has 0 radical (unpaired) electrons. The highest BCUT2D eigenvalue weighted by atomic mass is 16.6. The molecule has 0 spiro atoms. The number of rotatable bonds is 9. The first-order chi connectivity index (χ1) is 19.2. The van der Waals surface area contributed by atoms with Gasteiger partial charge in [0, 0.05) is 31.6 Å². The first kappa shape index (κ1) is 28.1. The Morgan fingerprint density at radius 3 is 2.25 bits per heavy atom. The molecule has 1 unspecified atom stereocenters. The molecule has 3 aromatic rings. The number of fused-ring (bicyclic) bond motifs is 1. The lowest BCUT2D eigenvalue weighted by molar-refractivity contribution is -0.139. The summed E-state index contributed by atoms with van der Waals surface area (Å²) in [6.45, 7) is 2.47. The number of nitrogens with zero attached hydrogens (tertiary/aromatic N) is 3. The molecular weight excluding hydrogens is 520 g/mol. The SMILES string of the molecule is CCOC(=O)N1CCN(C(=O)C(c2ccc(OCC(=O)O)cc2)c2nc3ccccc3c(OC)c2C(N)=O)CC1. The van der Waals surface area contributed by atoms with Gasteiger partial charge in [-0.3, -0.25) is 14.6 Å². The van der Waals surface area contributed by atoms with Crippen molar-refractivity contribution in [2.24, 2.45) is 5.73 Å². The van der Waals surface area contributed by atoms with Crippen LogP contribution in [0.3, 0.4) is 0 Å². The van der Waals surface area contributed by atoms with Gasteiger partial charge in [-0.05, 0) is 36.8 Å². The average Bonchev–Trinajstić information content (AvgIpc) is 2.96. The zero-order valence-electron chi connectivity index (χ0n) is 22.2. The molecule has 1 saturated heterocycles. The van der Waals surface area contributed by atoms with Gasteiger partial charge in [0.15, 0.2) is 6.61 Å². The highest BCUT2D eigenvalue weighted by Crippen LogP contribution is 2.37. The Balaban J connectivity index is 1.79. The number of pyridine rings is 1. The number of carboxylic acids is 1. The predicted octanol–water partition coefficient (Wildman–Crippen LogP) is 2.24. The van der Waals surface area contributed by atoms with Crippen LogP contribution in [-0.2, 0) is 14.3 Å². The van der Waals surface area contributed by atoms with Gasteiger partial charge in [-0.1, -0.05) is 24.3 Å². The van der Waals surface area contributed by atoms with Crippen molar-refractivity contribution >= 4 is 34.8 Å². The molecule has 0 saturated carbocycles. The van der Waals surface area contributed by atoms with Gasteiger partial charge in [0.2, 0.25) is 5.91 Å². The summed E-state index contributed by atoms with van der Waals surface area (Å²) in [4.78, 5) is 57.9. The maximum Gasteiger partial charge on any atom is 0.409 e. The highest BCUT2D eigenvalue weighted by Gasteiger charge is 2.36. The third-order valence-electron chi connectivity index (χ3n) is 6.54. The molecule has 0 bridgehead atoms. The van der Waals surface area contributed by atoms with Crippen LogP contribution in [0.2, 0.25) is 0 Å². The number of carboxylic acid groups (broad SMARTS) is 1. The van der Waals surface area contributed by atoms with Gasteiger partial charge in [-0.25, -0.2) is 9.59 Å². The van der Waals surface area contributed by atoms with Gasteiger partial charge in [0.25, 0.3) is 5.91 Å². The molecule has 40 heavy (non-hydrogen) atoms. The molecule has 1 aliphatic rings. The molecule has 3 N–H and O–H groups in total. The Bertz CT molecular complexity index is 1420. The van der Waals surface area contributed by atoms with Crippen LogP contribution >= 0.6 is 0 Å². The van der Waals surface area contributed by atoms with Crippen molar-refractivity contribution < 1.29 is 38.5 Å². The van der Waals surface area contributed by atoms with Crippen LogP contribution in [0.5, 0.6) is 11.5 Å². The molecule has 210 valence electrons. The van der Waals surface area contributed by atoms with Crippen molar-refractivity contribution in [2.45, 2.75) is 12.8 Å². The number of ether oxygens (including phenoxy) is 3. The van der Waals surface area contributed by atoms with Crippen molar-refractivity contribution in [2.75, 3.05) is 46.5 Å². The van der Waals surface area contributed by atoms with Crippen LogP contribution < -0.4 is 15.2 Å². The summed E-state index contributed by atoms with van der Waals surface area (Å²) in [6, 6.07) is 13.4. The molecule has 12 nitrogen and oxygen atoms in total. The second-order valence-corrected chi connectivity index (χ2v) is 8.98. The fourth-order valence-electron chi connectivity index (χ4n) is 4.68. The number of aromatic nitrogens is 1. The van der Waals surface area contributed by atoms with E-state index in [0.29, 0.717) is 22.2 Å². The maximum atomic E-state index is 14.2. The van der Waals surface area contributed by atoms with E-state index in [-0.39, 0.29) is 55.7 Å². The lowest BCUT2D eigenvalue weighted by atomic mass is 9.89. The van der Waals surface area contributed by atoms with Gasteiger partial charge in [0.1, 0.15) is 23.0 Å². The number of aliphatic carboxylic acids is 1. The highest BCUT2D eigenvalue weighted by molar-refractivity contribution is 6.05. The predicted molar refractivity (Wildman–Crippen MR) is 143 cm³/mol. The Kier molecular flexibility index (Phi) is 8.67. The van der Waals surface area contributed by atoms with E-state index in [1.54, 1.807) is 60.4 Å². The molecule has 1 atom stereocenters. The van der Waals surface area contributed by atoms with E-state index in [2.05, 4.69) is 0 Å². The summed E-state index contributed by atoms with van der Waals surface area (Å²) in [5.74, 6) is -2.85. The zero-order valence-corrected chi connectivity index (χ0v) is 22.2. The number of hydrogen-bond donors (Lipinski definition) is 2. The molecule has 3 amide bonds. The van der Waals surface area contributed by atoms with E-state index in [9.17, 15) is 19.2 Å². The quantitative estimate of drug-likeness (QED) is 0.407.